The molecule has 3 rings (SSSR count). The maximum absolute atomic E-state index is 11.8. The second-order valence-corrected chi connectivity index (χ2v) is 6.87. The van der Waals surface area contributed by atoms with E-state index in [1.807, 2.05) is 0 Å². The van der Waals surface area contributed by atoms with E-state index in [-0.39, 0.29) is 17.4 Å². The number of carbonyl (C=O) groups is 1. The van der Waals surface area contributed by atoms with Crippen LogP contribution in [0.5, 0.6) is 0 Å². The van der Waals surface area contributed by atoms with Crippen LogP contribution in [0.2, 0.25) is 0 Å². The number of fused-ring (bicyclic) bond motifs is 3. The lowest BCUT2D eigenvalue weighted by Crippen LogP contribution is -2.48. The monoisotopic (exact) mass is 236 g/mol. The predicted octanol–water partition coefficient (Wildman–Crippen LogP) is 2.79. The molecule has 0 radical (unpaired) electrons. The molecule has 0 aromatic heterocycles. The molecule has 3 aliphatic rings. The van der Waals surface area contributed by atoms with Gasteiger partial charge in [0.1, 0.15) is 5.78 Å². The van der Waals surface area contributed by atoms with Crippen LogP contribution in [0.4, 0.5) is 0 Å². The van der Waals surface area contributed by atoms with Gasteiger partial charge in [-0.3, -0.25) is 4.79 Å². The van der Waals surface area contributed by atoms with Crippen LogP contribution in [0, 0.1) is 29.1 Å². The molecule has 0 spiro atoms. The number of hydrogen-bond acceptors (Lipinski definition) is 2. The zero-order chi connectivity index (χ0) is 12.2. The van der Waals surface area contributed by atoms with Crippen molar-refractivity contribution in [3.05, 3.63) is 0 Å². The van der Waals surface area contributed by atoms with Crippen LogP contribution >= 0.6 is 0 Å². The van der Waals surface area contributed by atoms with Gasteiger partial charge in [0.25, 0.3) is 0 Å². The summed E-state index contributed by atoms with van der Waals surface area (Å²) in [7, 11) is 0. The van der Waals surface area contributed by atoms with Gasteiger partial charge < -0.3 is 5.11 Å². The minimum atomic E-state index is -0.0959. The molecule has 3 saturated carbocycles. The van der Waals surface area contributed by atoms with Crippen LogP contribution in [0.15, 0.2) is 0 Å². The fraction of sp³-hybridized carbons (Fsp3) is 0.933. The van der Waals surface area contributed by atoms with E-state index in [9.17, 15) is 9.90 Å². The molecule has 0 aromatic rings. The molecule has 0 amide bonds. The Kier molecular flexibility index (Phi) is 2.62. The summed E-state index contributed by atoms with van der Waals surface area (Å²) in [6.45, 7) is 4.42. The summed E-state index contributed by atoms with van der Waals surface area (Å²) in [6, 6.07) is 0. The average molecular weight is 236 g/mol. The molecule has 0 aliphatic heterocycles. The van der Waals surface area contributed by atoms with Crippen molar-refractivity contribution in [3.63, 3.8) is 0 Å². The maximum atomic E-state index is 11.8. The van der Waals surface area contributed by atoms with Gasteiger partial charge in [-0.2, -0.15) is 0 Å². The summed E-state index contributed by atoms with van der Waals surface area (Å²) in [4.78, 5) is 11.8. The number of carbonyl (C=O) groups excluding carboxylic acids is 1. The summed E-state index contributed by atoms with van der Waals surface area (Å²) >= 11 is 0. The van der Waals surface area contributed by atoms with Crippen LogP contribution in [-0.2, 0) is 4.79 Å². The van der Waals surface area contributed by atoms with Gasteiger partial charge in [-0.15, -0.1) is 0 Å². The molecule has 6 atom stereocenters. The number of aliphatic hydroxyl groups is 1. The highest BCUT2D eigenvalue weighted by atomic mass is 16.3. The number of Topliss-reactive ketones (excluding diaryl/α,β-unsaturated/α-hetero) is 1. The Bertz CT molecular complexity index is 338. The van der Waals surface area contributed by atoms with Gasteiger partial charge in [-0.25, -0.2) is 0 Å². The Hall–Kier alpha value is -0.370. The molecular formula is C15H24O2. The first kappa shape index (κ1) is 11.7. The van der Waals surface area contributed by atoms with Crippen LogP contribution in [-0.4, -0.2) is 17.0 Å². The molecule has 0 saturated heterocycles. The van der Waals surface area contributed by atoms with Gasteiger partial charge in [0.05, 0.1) is 6.10 Å². The third-order valence-electron chi connectivity index (χ3n) is 6.32. The minimum Gasteiger partial charge on any atom is -0.393 e. The third-order valence-corrected chi connectivity index (χ3v) is 6.32. The number of rotatable bonds is 0. The topological polar surface area (TPSA) is 37.3 Å². The fourth-order valence-electron chi connectivity index (χ4n) is 5.10. The van der Waals surface area contributed by atoms with E-state index in [4.69, 9.17) is 0 Å². The molecular weight excluding hydrogens is 212 g/mol. The normalized spacial score (nSPS) is 54.3. The van der Waals surface area contributed by atoms with Crippen molar-refractivity contribution in [2.45, 2.75) is 58.5 Å². The van der Waals surface area contributed by atoms with Crippen LogP contribution in [0.1, 0.15) is 52.4 Å². The van der Waals surface area contributed by atoms with Gasteiger partial charge in [-0.05, 0) is 55.3 Å². The number of hydrogen-bond donors (Lipinski definition) is 1. The molecule has 17 heavy (non-hydrogen) atoms. The molecule has 1 N–H and O–H groups in total. The summed E-state index contributed by atoms with van der Waals surface area (Å²) in [5.41, 5.74) is 0.154. The fourth-order valence-corrected chi connectivity index (χ4v) is 5.10. The average Bonchev–Trinajstić information content (AvgIpc) is 2.61. The zero-order valence-corrected chi connectivity index (χ0v) is 11.0. The summed E-state index contributed by atoms with van der Waals surface area (Å²) in [6.07, 6.45) is 6.21. The molecule has 0 bridgehead atoms. The van der Waals surface area contributed by atoms with E-state index >= 15 is 0 Å². The van der Waals surface area contributed by atoms with Crippen molar-refractivity contribution >= 4 is 5.78 Å². The summed E-state index contributed by atoms with van der Waals surface area (Å²) in [5, 5.41) is 10.2. The zero-order valence-electron chi connectivity index (χ0n) is 11.0. The van der Waals surface area contributed by atoms with Crippen molar-refractivity contribution in [3.8, 4) is 0 Å². The largest absolute Gasteiger partial charge is 0.393 e. The van der Waals surface area contributed by atoms with Crippen molar-refractivity contribution in [1.29, 1.82) is 0 Å². The van der Waals surface area contributed by atoms with Crippen LogP contribution in [0.3, 0.4) is 0 Å². The van der Waals surface area contributed by atoms with Gasteiger partial charge in [-0.1, -0.05) is 13.8 Å². The van der Waals surface area contributed by atoms with E-state index in [1.165, 1.54) is 6.42 Å². The Morgan fingerprint density at radius 1 is 1.18 bits per heavy atom. The maximum Gasteiger partial charge on any atom is 0.135 e. The Morgan fingerprint density at radius 3 is 2.71 bits per heavy atom. The van der Waals surface area contributed by atoms with Gasteiger partial charge in [0, 0.05) is 12.3 Å². The molecule has 3 fully saturated rings. The van der Waals surface area contributed by atoms with Crippen molar-refractivity contribution in [1.82, 2.24) is 0 Å². The second kappa shape index (κ2) is 3.81. The van der Waals surface area contributed by atoms with Gasteiger partial charge >= 0.3 is 0 Å². The van der Waals surface area contributed by atoms with E-state index in [1.54, 1.807) is 0 Å². The quantitative estimate of drug-likeness (QED) is 0.702. The predicted molar refractivity (Wildman–Crippen MR) is 66.5 cm³/mol. The van der Waals surface area contributed by atoms with Crippen molar-refractivity contribution in [2.75, 3.05) is 0 Å². The van der Waals surface area contributed by atoms with Gasteiger partial charge in [0.15, 0.2) is 0 Å². The lowest BCUT2D eigenvalue weighted by molar-refractivity contribution is -0.133. The second-order valence-electron chi connectivity index (χ2n) is 6.87. The van der Waals surface area contributed by atoms with Crippen molar-refractivity contribution < 1.29 is 9.90 Å². The molecule has 3 aliphatic carbocycles. The SMILES string of the molecule is C[C@@H]1C(=O)CC[C@H]2C3CC[C@H](O)[C@@]3(C)CC[C@@H]12. The number of aliphatic hydroxyl groups excluding tert-OH is 1. The Balaban J connectivity index is 1.87. The minimum absolute atomic E-state index is 0.0959. The van der Waals surface area contributed by atoms with Crippen LogP contribution < -0.4 is 0 Å². The summed E-state index contributed by atoms with van der Waals surface area (Å²) in [5.74, 6) is 2.74. The Labute approximate surface area is 104 Å². The smallest absolute Gasteiger partial charge is 0.135 e. The van der Waals surface area contributed by atoms with Crippen LogP contribution in [0.25, 0.3) is 0 Å². The third kappa shape index (κ3) is 1.53. The summed E-state index contributed by atoms with van der Waals surface area (Å²) < 4.78 is 0. The lowest BCUT2D eigenvalue weighted by atomic mass is 9.54. The lowest BCUT2D eigenvalue weighted by Gasteiger charge is -2.51. The highest BCUT2D eigenvalue weighted by Gasteiger charge is 2.55. The highest BCUT2D eigenvalue weighted by molar-refractivity contribution is 5.81. The molecule has 2 heteroatoms. The first-order chi connectivity index (χ1) is 8.04. The molecule has 0 heterocycles. The Morgan fingerprint density at radius 2 is 1.94 bits per heavy atom. The molecule has 1 unspecified atom stereocenters. The van der Waals surface area contributed by atoms with E-state index < -0.39 is 0 Å². The number of ketones is 1. The van der Waals surface area contributed by atoms with E-state index in [0.717, 1.165) is 32.1 Å². The van der Waals surface area contributed by atoms with E-state index in [0.29, 0.717) is 23.5 Å². The van der Waals surface area contributed by atoms with E-state index in [2.05, 4.69) is 13.8 Å². The van der Waals surface area contributed by atoms with Crippen molar-refractivity contribution in [2.24, 2.45) is 29.1 Å². The first-order valence-electron chi connectivity index (χ1n) is 7.25. The highest BCUT2D eigenvalue weighted by Crippen LogP contribution is 2.59. The van der Waals surface area contributed by atoms with Gasteiger partial charge in [0.2, 0.25) is 0 Å². The molecule has 0 aromatic carbocycles. The molecule has 2 nitrogen and oxygen atoms in total. The molecule has 96 valence electrons. The standard InChI is InChI=1S/C15H24O2/c1-9-10-7-8-15(2)12(4-6-14(15)17)11(10)3-5-13(9)16/h9-12,14,17H,3-8H2,1-2H3/t9-,10-,11+,12?,14-,15-/m0/s1. The first-order valence-corrected chi connectivity index (χ1v) is 7.25.